The predicted molar refractivity (Wildman–Crippen MR) is 131 cm³/mol. The fraction of sp³-hybridized carbons (Fsp3) is 0.192. The number of hydrogen-bond acceptors (Lipinski definition) is 5. The lowest BCUT2D eigenvalue weighted by Gasteiger charge is -2.10. The molecule has 0 saturated heterocycles. The molecule has 8 nitrogen and oxygen atoms in total. The molecular formula is C26H24FN7O. The minimum absolute atomic E-state index is 0.252. The number of hydrogen-bond donors (Lipinski definition) is 1. The van der Waals surface area contributed by atoms with Crippen LogP contribution in [0.15, 0.2) is 71.9 Å². The Balaban J connectivity index is 1.49. The number of aromatic amines is 1. The number of nitrogens with one attached hydrogen (secondary N) is 1. The van der Waals surface area contributed by atoms with E-state index in [-0.39, 0.29) is 5.69 Å². The Morgan fingerprint density at radius 3 is 2.60 bits per heavy atom. The molecule has 0 radical (unpaired) electrons. The quantitative estimate of drug-likeness (QED) is 0.383. The van der Waals surface area contributed by atoms with Crippen LogP contribution in [0.4, 0.5) is 4.39 Å². The molecule has 3 heterocycles. The van der Waals surface area contributed by atoms with E-state index in [2.05, 4.69) is 32.5 Å². The van der Waals surface area contributed by atoms with Crippen LogP contribution in [0.1, 0.15) is 30.2 Å². The molecular weight excluding hydrogens is 445 g/mol. The maximum atomic E-state index is 14.6. The Kier molecular flexibility index (Phi) is 6.05. The van der Waals surface area contributed by atoms with Crippen molar-refractivity contribution in [3.63, 3.8) is 0 Å². The van der Waals surface area contributed by atoms with Crippen molar-refractivity contribution in [1.82, 2.24) is 34.7 Å². The largest absolute Gasteiger partial charge is 0.333 e. The van der Waals surface area contributed by atoms with Gasteiger partial charge in [0, 0.05) is 35.4 Å². The van der Waals surface area contributed by atoms with E-state index in [9.17, 15) is 9.18 Å². The molecule has 0 spiro atoms. The molecule has 35 heavy (non-hydrogen) atoms. The maximum Gasteiger partial charge on any atom is 0.333 e. The second-order valence-corrected chi connectivity index (χ2v) is 8.37. The standard InChI is InChI=1S/C26H24FN7O/c1-3-5-20-16-34(24-17(2)6-4-7-23(24)27)26(35)33(20)15-18-8-10-19(11-9-18)22-14-28-13-12-21(22)25-29-31-32-30-25/h4,6-14,16H,3,5,15H2,1-2H3,(H,29,30,31,32). The van der Waals surface area contributed by atoms with Gasteiger partial charge in [0.1, 0.15) is 5.82 Å². The van der Waals surface area contributed by atoms with Gasteiger partial charge in [0.25, 0.3) is 0 Å². The Hall–Kier alpha value is -4.40. The van der Waals surface area contributed by atoms with Crippen molar-refractivity contribution in [2.45, 2.75) is 33.2 Å². The fourth-order valence-electron chi connectivity index (χ4n) is 4.31. The summed E-state index contributed by atoms with van der Waals surface area (Å²) in [6.07, 6.45) is 6.81. The van der Waals surface area contributed by atoms with Crippen LogP contribution < -0.4 is 5.69 Å². The first-order chi connectivity index (χ1) is 17.1. The molecule has 0 atom stereocenters. The smallest absolute Gasteiger partial charge is 0.292 e. The molecule has 176 valence electrons. The van der Waals surface area contributed by atoms with Gasteiger partial charge in [-0.3, -0.25) is 14.1 Å². The van der Waals surface area contributed by atoms with E-state index in [0.717, 1.165) is 40.8 Å². The molecule has 0 bridgehead atoms. The van der Waals surface area contributed by atoms with E-state index >= 15 is 0 Å². The number of nitrogens with zero attached hydrogens (tertiary/aromatic N) is 6. The first kappa shape index (κ1) is 22.4. The number of benzene rings is 2. The lowest BCUT2D eigenvalue weighted by molar-refractivity contribution is 0.611. The average molecular weight is 470 g/mol. The highest BCUT2D eigenvalue weighted by atomic mass is 19.1. The van der Waals surface area contributed by atoms with Gasteiger partial charge in [0.15, 0.2) is 0 Å². The Morgan fingerprint density at radius 2 is 1.89 bits per heavy atom. The van der Waals surface area contributed by atoms with E-state index in [4.69, 9.17) is 0 Å². The van der Waals surface area contributed by atoms with Gasteiger partial charge in [-0.05, 0) is 47.4 Å². The molecule has 0 fully saturated rings. The molecule has 0 amide bonds. The molecule has 5 rings (SSSR count). The van der Waals surface area contributed by atoms with E-state index in [1.165, 1.54) is 10.6 Å². The van der Waals surface area contributed by atoms with Crippen LogP contribution in [0.25, 0.3) is 28.2 Å². The third-order valence-electron chi connectivity index (χ3n) is 6.01. The van der Waals surface area contributed by atoms with Crippen molar-refractivity contribution in [3.05, 3.63) is 100 Å². The van der Waals surface area contributed by atoms with Gasteiger partial charge < -0.3 is 0 Å². The van der Waals surface area contributed by atoms with Gasteiger partial charge in [-0.1, -0.05) is 49.7 Å². The van der Waals surface area contributed by atoms with Crippen LogP contribution in [-0.4, -0.2) is 34.7 Å². The molecule has 0 saturated carbocycles. The van der Waals surface area contributed by atoms with E-state index in [1.54, 1.807) is 29.2 Å². The highest BCUT2D eigenvalue weighted by Crippen LogP contribution is 2.29. The number of pyridine rings is 1. The summed E-state index contributed by atoms with van der Waals surface area (Å²) < 4.78 is 17.8. The van der Waals surface area contributed by atoms with Crippen LogP contribution in [-0.2, 0) is 13.0 Å². The van der Waals surface area contributed by atoms with Crippen molar-refractivity contribution in [2.75, 3.05) is 0 Å². The molecule has 2 aromatic carbocycles. The van der Waals surface area contributed by atoms with Crippen LogP contribution in [0, 0.1) is 12.7 Å². The number of tetrazole rings is 1. The molecule has 5 aromatic rings. The molecule has 0 aliphatic heterocycles. The summed E-state index contributed by atoms with van der Waals surface area (Å²) in [5.74, 6) is 0.0811. The minimum Gasteiger partial charge on any atom is -0.292 e. The van der Waals surface area contributed by atoms with Crippen LogP contribution in [0.5, 0.6) is 0 Å². The highest BCUT2D eigenvalue weighted by molar-refractivity contribution is 5.79. The lowest BCUT2D eigenvalue weighted by Crippen LogP contribution is -2.25. The summed E-state index contributed by atoms with van der Waals surface area (Å²) in [7, 11) is 0. The maximum absolute atomic E-state index is 14.6. The summed E-state index contributed by atoms with van der Waals surface area (Å²) in [6.45, 7) is 4.26. The number of para-hydroxylation sites is 1. The molecule has 3 aromatic heterocycles. The van der Waals surface area contributed by atoms with Crippen molar-refractivity contribution in [3.8, 4) is 28.2 Å². The van der Waals surface area contributed by atoms with Gasteiger partial charge in [0.05, 0.1) is 12.2 Å². The zero-order valence-electron chi connectivity index (χ0n) is 19.4. The molecule has 1 N–H and O–H groups in total. The monoisotopic (exact) mass is 469 g/mol. The highest BCUT2D eigenvalue weighted by Gasteiger charge is 2.17. The van der Waals surface area contributed by atoms with Gasteiger partial charge >= 0.3 is 5.69 Å². The summed E-state index contributed by atoms with van der Waals surface area (Å²) in [4.78, 5) is 17.6. The zero-order valence-corrected chi connectivity index (χ0v) is 19.4. The fourth-order valence-corrected chi connectivity index (χ4v) is 4.31. The minimum atomic E-state index is -0.412. The SMILES string of the molecule is CCCc1cn(-c2c(C)cccc2F)c(=O)n1Cc1ccc(-c2cnccc2-c2nn[nH]n2)cc1. The number of H-pyrrole nitrogens is 1. The Morgan fingerprint density at radius 1 is 1.06 bits per heavy atom. The van der Waals surface area contributed by atoms with E-state index in [0.29, 0.717) is 23.6 Å². The third kappa shape index (κ3) is 4.28. The predicted octanol–water partition coefficient (Wildman–Crippen LogP) is 4.33. The summed E-state index contributed by atoms with van der Waals surface area (Å²) >= 11 is 0. The van der Waals surface area contributed by atoms with Crippen molar-refractivity contribution in [2.24, 2.45) is 0 Å². The number of rotatable bonds is 7. The van der Waals surface area contributed by atoms with Gasteiger partial charge in [-0.25, -0.2) is 9.18 Å². The lowest BCUT2D eigenvalue weighted by atomic mass is 10.0. The van der Waals surface area contributed by atoms with Crippen LogP contribution in [0.3, 0.4) is 0 Å². The Bertz CT molecular complexity index is 1500. The number of aryl methyl sites for hydroxylation is 2. The van der Waals surface area contributed by atoms with Gasteiger partial charge in [-0.15, -0.1) is 10.2 Å². The van der Waals surface area contributed by atoms with Crippen molar-refractivity contribution in [1.29, 1.82) is 0 Å². The van der Waals surface area contributed by atoms with Gasteiger partial charge in [0.2, 0.25) is 5.82 Å². The van der Waals surface area contributed by atoms with Crippen molar-refractivity contribution < 1.29 is 4.39 Å². The summed E-state index contributed by atoms with van der Waals surface area (Å²) in [5, 5.41) is 14.3. The number of halogens is 1. The third-order valence-corrected chi connectivity index (χ3v) is 6.01. The molecule has 9 heteroatoms. The number of aromatic nitrogens is 7. The second-order valence-electron chi connectivity index (χ2n) is 8.37. The zero-order chi connectivity index (χ0) is 24.4. The first-order valence-corrected chi connectivity index (χ1v) is 11.4. The van der Waals surface area contributed by atoms with Crippen LogP contribution >= 0.6 is 0 Å². The summed E-state index contributed by atoms with van der Waals surface area (Å²) in [6, 6.07) is 14.6. The molecule has 0 aliphatic rings. The average Bonchev–Trinajstić information content (AvgIpc) is 3.50. The summed E-state index contributed by atoms with van der Waals surface area (Å²) in [5.41, 5.74) is 5.24. The normalized spacial score (nSPS) is 11.2. The molecule has 0 unspecified atom stereocenters. The topological polar surface area (TPSA) is 94.3 Å². The van der Waals surface area contributed by atoms with Gasteiger partial charge in [-0.2, -0.15) is 5.21 Å². The van der Waals surface area contributed by atoms with Crippen molar-refractivity contribution >= 4 is 0 Å². The van der Waals surface area contributed by atoms with E-state index < -0.39 is 5.82 Å². The second kappa shape index (κ2) is 9.46. The number of imidazole rings is 1. The first-order valence-electron chi connectivity index (χ1n) is 11.4. The van der Waals surface area contributed by atoms with Crippen LogP contribution in [0.2, 0.25) is 0 Å². The van der Waals surface area contributed by atoms with E-state index in [1.807, 2.05) is 43.3 Å². The Labute approximate surface area is 201 Å². The molecule has 0 aliphatic carbocycles.